The van der Waals surface area contributed by atoms with Gasteiger partial charge in [-0.15, -0.1) is 0 Å². The van der Waals surface area contributed by atoms with Crippen molar-refractivity contribution in [2.75, 3.05) is 19.0 Å². The van der Waals surface area contributed by atoms with Gasteiger partial charge in [0.15, 0.2) is 11.5 Å². The third-order valence-corrected chi connectivity index (χ3v) is 3.50. The molecule has 0 atom stereocenters. The molecule has 4 heteroatoms. The van der Waals surface area contributed by atoms with E-state index in [0.29, 0.717) is 11.5 Å². The van der Waals surface area contributed by atoms with Crippen molar-refractivity contribution in [3.8, 4) is 28.6 Å². The molecule has 23 heavy (non-hydrogen) atoms. The smallest absolute Gasteiger partial charge is 0.183 e. The maximum absolute atomic E-state index is 9.42. The average Bonchev–Trinajstić information content (AvgIpc) is 2.62. The van der Waals surface area contributed by atoms with Gasteiger partial charge in [-0.05, 0) is 0 Å². The molecule has 2 aromatic carbocycles. The summed E-state index contributed by atoms with van der Waals surface area (Å²) in [5.74, 6) is 0.575. The van der Waals surface area contributed by atoms with Crippen LogP contribution >= 0.6 is 0 Å². The lowest BCUT2D eigenvalue weighted by molar-refractivity contribution is 1.03. The number of nitrogens with zero attached hydrogens (tertiary/aromatic N) is 4. The van der Waals surface area contributed by atoms with Gasteiger partial charge >= 0.3 is 0 Å². The predicted octanol–water partition coefficient (Wildman–Crippen LogP) is 3.75. The van der Waals surface area contributed by atoms with Gasteiger partial charge in [0.05, 0.1) is 11.4 Å². The van der Waals surface area contributed by atoms with Crippen molar-refractivity contribution in [3.63, 3.8) is 0 Å². The lowest BCUT2D eigenvalue weighted by atomic mass is 10.0. The summed E-state index contributed by atoms with van der Waals surface area (Å²) < 4.78 is 0. The monoisotopic (exact) mass is 300 g/mol. The summed E-state index contributed by atoms with van der Waals surface area (Å²) in [6.07, 6.45) is 0. The fraction of sp³-hybridized carbons (Fsp3) is 0.105. The van der Waals surface area contributed by atoms with Gasteiger partial charge < -0.3 is 4.90 Å². The molecule has 0 fully saturated rings. The van der Waals surface area contributed by atoms with Crippen LogP contribution in [-0.2, 0) is 0 Å². The lowest BCUT2D eigenvalue weighted by Crippen LogP contribution is -2.14. The Kier molecular flexibility index (Phi) is 4.03. The average molecular weight is 300 g/mol. The number of rotatable bonds is 3. The van der Waals surface area contributed by atoms with Crippen molar-refractivity contribution in [3.05, 3.63) is 66.4 Å². The van der Waals surface area contributed by atoms with Crippen molar-refractivity contribution >= 4 is 5.82 Å². The van der Waals surface area contributed by atoms with Gasteiger partial charge in [-0.3, -0.25) is 0 Å². The Morgan fingerprint density at radius 3 is 1.70 bits per heavy atom. The number of nitriles is 1. The van der Waals surface area contributed by atoms with E-state index in [4.69, 9.17) is 4.98 Å². The SMILES string of the molecule is CN(C)c1nc(-c2ccccc2)c(-c2ccccc2)nc1C#N. The number of benzene rings is 2. The third-order valence-electron chi connectivity index (χ3n) is 3.50. The summed E-state index contributed by atoms with van der Waals surface area (Å²) in [4.78, 5) is 11.1. The molecule has 0 aliphatic carbocycles. The van der Waals surface area contributed by atoms with E-state index in [0.717, 1.165) is 22.5 Å². The number of hydrogen-bond donors (Lipinski definition) is 0. The summed E-state index contributed by atoms with van der Waals surface area (Å²) in [6.45, 7) is 0. The molecular weight excluding hydrogens is 284 g/mol. The molecule has 3 aromatic rings. The van der Waals surface area contributed by atoms with E-state index in [-0.39, 0.29) is 0 Å². The van der Waals surface area contributed by atoms with Crippen LogP contribution in [0.2, 0.25) is 0 Å². The van der Waals surface area contributed by atoms with Gasteiger partial charge in [-0.25, -0.2) is 9.97 Å². The number of anilines is 1. The zero-order valence-corrected chi connectivity index (χ0v) is 13.1. The highest BCUT2D eigenvalue weighted by atomic mass is 15.2. The van der Waals surface area contributed by atoms with Crippen molar-refractivity contribution in [1.29, 1.82) is 5.26 Å². The van der Waals surface area contributed by atoms with E-state index in [1.807, 2.05) is 79.7 Å². The first kappa shape index (κ1) is 14.7. The second-order valence-electron chi connectivity index (χ2n) is 5.33. The topological polar surface area (TPSA) is 52.8 Å². The zero-order chi connectivity index (χ0) is 16.2. The van der Waals surface area contributed by atoms with E-state index >= 15 is 0 Å². The van der Waals surface area contributed by atoms with E-state index in [1.165, 1.54) is 0 Å². The standard InChI is InChI=1S/C19H16N4/c1-23(2)19-16(13-20)21-17(14-9-5-3-6-10-14)18(22-19)15-11-7-4-8-12-15/h3-12H,1-2H3. The van der Waals surface area contributed by atoms with Gasteiger partial charge in [0.1, 0.15) is 6.07 Å². The van der Waals surface area contributed by atoms with Crippen LogP contribution in [0.3, 0.4) is 0 Å². The zero-order valence-electron chi connectivity index (χ0n) is 13.1. The Bertz CT molecular complexity index is 850. The van der Waals surface area contributed by atoms with Crippen LogP contribution in [0, 0.1) is 11.3 Å². The van der Waals surface area contributed by atoms with Crippen LogP contribution < -0.4 is 4.90 Å². The Morgan fingerprint density at radius 1 is 0.783 bits per heavy atom. The van der Waals surface area contributed by atoms with E-state index < -0.39 is 0 Å². The van der Waals surface area contributed by atoms with Crippen molar-refractivity contribution in [1.82, 2.24) is 9.97 Å². The molecule has 3 rings (SSSR count). The highest BCUT2D eigenvalue weighted by Crippen LogP contribution is 2.31. The van der Waals surface area contributed by atoms with Crippen LogP contribution in [-0.4, -0.2) is 24.1 Å². The van der Waals surface area contributed by atoms with Gasteiger partial charge in [0.2, 0.25) is 0 Å². The molecular formula is C19H16N4. The van der Waals surface area contributed by atoms with E-state index in [1.54, 1.807) is 0 Å². The Balaban J connectivity index is 2.31. The van der Waals surface area contributed by atoms with Crippen LogP contribution in [0.5, 0.6) is 0 Å². The molecule has 0 aliphatic rings. The molecule has 4 nitrogen and oxygen atoms in total. The molecule has 0 amide bonds. The van der Waals surface area contributed by atoms with Crippen molar-refractivity contribution < 1.29 is 0 Å². The first-order valence-corrected chi connectivity index (χ1v) is 7.31. The summed E-state index contributed by atoms with van der Waals surface area (Å²) in [5.41, 5.74) is 3.75. The summed E-state index contributed by atoms with van der Waals surface area (Å²) >= 11 is 0. The minimum atomic E-state index is 0.327. The molecule has 0 saturated heterocycles. The second-order valence-corrected chi connectivity index (χ2v) is 5.33. The Labute approximate surface area is 135 Å². The summed E-state index contributed by atoms with van der Waals surface area (Å²) in [5, 5.41) is 9.42. The van der Waals surface area contributed by atoms with Gasteiger partial charge in [-0.2, -0.15) is 5.26 Å². The van der Waals surface area contributed by atoms with Gasteiger partial charge in [0, 0.05) is 25.2 Å². The molecule has 0 radical (unpaired) electrons. The van der Waals surface area contributed by atoms with Crippen molar-refractivity contribution in [2.24, 2.45) is 0 Å². The minimum absolute atomic E-state index is 0.327. The Hall–Kier alpha value is -3.19. The Morgan fingerprint density at radius 2 is 1.26 bits per heavy atom. The van der Waals surface area contributed by atoms with Crippen LogP contribution in [0.1, 0.15) is 5.69 Å². The molecule has 112 valence electrons. The fourth-order valence-corrected chi connectivity index (χ4v) is 2.41. The molecule has 0 bridgehead atoms. The number of aromatic nitrogens is 2. The molecule has 0 N–H and O–H groups in total. The first-order valence-electron chi connectivity index (χ1n) is 7.31. The lowest BCUT2D eigenvalue weighted by Gasteiger charge is -2.16. The normalized spacial score (nSPS) is 10.1. The minimum Gasteiger partial charge on any atom is -0.360 e. The van der Waals surface area contributed by atoms with Crippen molar-refractivity contribution in [2.45, 2.75) is 0 Å². The summed E-state index contributed by atoms with van der Waals surface area (Å²) in [7, 11) is 3.73. The number of hydrogen-bond acceptors (Lipinski definition) is 4. The largest absolute Gasteiger partial charge is 0.360 e. The molecule has 1 aromatic heterocycles. The summed E-state index contributed by atoms with van der Waals surface area (Å²) in [6, 6.07) is 21.9. The van der Waals surface area contributed by atoms with E-state index in [9.17, 15) is 5.26 Å². The molecule has 0 unspecified atom stereocenters. The van der Waals surface area contributed by atoms with E-state index in [2.05, 4.69) is 11.1 Å². The van der Waals surface area contributed by atoms with Crippen LogP contribution in [0.25, 0.3) is 22.5 Å². The predicted molar refractivity (Wildman–Crippen MR) is 91.9 cm³/mol. The van der Waals surface area contributed by atoms with Crippen LogP contribution in [0.15, 0.2) is 60.7 Å². The van der Waals surface area contributed by atoms with Crippen LogP contribution in [0.4, 0.5) is 5.82 Å². The molecule has 0 saturated carbocycles. The fourth-order valence-electron chi connectivity index (χ4n) is 2.41. The molecule has 0 spiro atoms. The highest BCUT2D eigenvalue weighted by Gasteiger charge is 2.17. The van der Waals surface area contributed by atoms with Gasteiger partial charge in [-0.1, -0.05) is 60.7 Å². The molecule has 1 heterocycles. The maximum Gasteiger partial charge on any atom is 0.183 e. The highest BCUT2D eigenvalue weighted by molar-refractivity contribution is 5.79. The van der Waals surface area contributed by atoms with Gasteiger partial charge in [0.25, 0.3) is 0 Å². The maximum atomic E-state index is 9.42. The third kappa shape index (κ3) is 2.90. The quantitative estimate of drug-likeness (QED) is 0.739. The first-order chi connectivity index (χ1) is 11.2. The molecule has 0 aliphatic heterocycles. The second kappa shape index (κ2) is 6.29.